The van der Waals surface area contributed by atoms with Gasteiger partial charge < -0.3 is 19.7 Å². The predicted octanol–water partition coefficient (Wildman–Crippen LogP) is 2.75. The van der Waals surface area contributed by atoms with E-state index in [9.17, 15) is 9.59 Å². The monoisotopic (exact) mass is 374 g/mol. The van der Waals surface area contributed by atoms with Crippen molar-refractivity contribution in [1.29, 1.82) is 0 Å². The molecule has 0 unspecified atom stereocenters. The number of ether oxygens (including phenoxy) is 2. The van der Waals surface area contributed by atoms with Gasteiger partial charge in [0.15, 0.2) is 11.5 Å². The molecule has 0 bridgehead atoms. The van der Waals surface area contributed by atoms with E-state index in [1.807, 2.05) is 43.9 Å². The summed E-state index contributed by atoms with van der Waals surface area (Å²) >= 11 is 0. The maximum absolute atomic E-state index is 12.6. The number of para-hydroxylation sites is 1. The van der Waals surface area contributed by atoms with E-state index in [0.29, 0.717) is 45.7 Å². The van der Waals surface area contributed by atoms with E-state index in [2.05, 4.69) is 5.32 Å². The number of hydrogen-bond donors (Lipinski definition) is 1. The molecule has 0 aliphatic carbocycles. The highest BCUT2D eigenvalue weighted by Crippen LogP contribution is 2.33. The minimum atomic E-state index is -0.373. The second-order valence-electron chi connectivity index (χ2n) is 8.33. The van der Waals surface area contributed by atoms with Crippen LogP contribution < -0.4 is 14.8 Å². The van der Waals surface area contributed by atoms with Crippen LogP contribution in [-0.2, 0) is 16.1 Å². The van der Waals surface area contributed by atoms with Gasteiger partial charge in [0.25, 0.3) is 0 Å². The molecule has 6 heteroatoms. The van der Waals surface area contributed by atoms with Crippen molar-refractivity contribution in [3.05, 3.63) is 23.8 Å². The number of carbonyl (C=O) groups excluding carboxylic acids is 2. The second-order valence-corrected chi connectivity index (χ2v) is 8.33. The molecule has 1 aromatic carbocycles. The molecule has 148 valence electrons. The van der Waals surface area contributed by atoms with Crippen molar-refractivity contribution >= 4 is 11.8 Å². The van der Waals surface area contributed by atoms with Crippen molar-refractivity contribution in [1.82, 2.24) is 10.2 Å². The van der Waals surface area contributed by atoms with E-state index in [0.717, 1.165) is 23.5 Å². The lowest BCUT2D eigenvalue weighted by Crippen LogP contribution is -2.46. The summed E-state index contributed by atoms with van der Waals surface area (Å²) in [6.07, 6.45) is 2.27. The number of hydrogen-bond acceptors (Lipinski definition) is 4. The molecule has 27 heavy (non-hydrogen) atoms. The van der Waals surface area contributed by atoms with Crippen LogP contribution in [0.1, 0.15) is 45.6 Å². The Labute approximate surface area is 161 Å². The van der Waals surface area contributed by atoms with Crippen molar-refractivity contribution < 1.29 is 19.1 Å². The smallest absolute Gasteiger partial charge is 0.227 e. The minimum Gasteiger partial charge on any atom is -0.490 e. The molecule has 1 fully saturated rings. The van der Waals surface area contributed by atoms with Crippen LogP contribution in [0.25, 0.3) is 0 Å². The molecule has 3 rings (SSSR count). The highest BCUT2D eigenvalue weighted by atomic mass is 16.5. The molecule has 0 atom stereocenters. The zero-order valence-electron chi connectivity index (χ0n) is 16.5. The highest BCUT2D eigenvalue weighted by Gasteiger charge is 2.32. The van der Waals surface area contributed by atoms with Crippen LogP contribution in [0.2, 0.25) is 0 Å². The van der Waals surface area contributed by atoms with Crippen LogP contribution in [0.15, 0.2) is 18.2 Å². The van der Waals surface area contributed by atoms with Gasteiger partial charge in [-0.05, 0) is 18.9 Å². The third-order valence-corrected chi connectivity index (χ3v) is 5.10. The second kappa shape index (κ2) is 8.19. The van der Waals surface area contributed by atoms with E-state index in [1.54, 1.807) is 0 Å². The number of piperidine rings is 1. The first-order valence-corrected chi connectivity index (χ1v) is 9.81. The topological polar surface area (TPSA) is 67.9 Å². The standard InChI is InChI=1S/C21H30N2O4/c1-21(2,3)20(25)23-10-8-15(9-11-23)19(24)22-14-16-6-4-7-17-18(16)27-13-5-12-26-17/h4,6-7,15H,5,8-14H2,1-3H3,(H,22,24). The summed E-state index contributed by atoms with van der Waals surface area (Å²) in [6.45, 7) is 8.78. The number of carbonyl (C=O) groups is 2. The van der Waals surface area contributed by atoms with Gasteiger partial charge in [-0.15, -0.1) is 0 Å². The molecule has 2 aliphatic heterocycles. The van der Waals surface area contributed by atoms with Gasteiger partial charge in [0.2, 0.25) is 11.8 Å². The third-order valence-electron chi connectivity index (χ3n) is 5.10. The van der Waals surface area contributed by atoms with Gasteiger partial charge in [-0.2, -0.15) is 0 Å². The Bertz CT molecular complexity index is 688. The molecule has 2 heterocycles. The predicted molar refractivity (Wildman–Crippen MR) is 103 cm³/mol. The Hall–Kier alpha value is -2.24. The van der Waals surface area contributed by atoms with E-state index in [4.69, 9.17) is 9.47 Å². The normalized spacial score (nSPS) is 18.0. The summed E-state index contributed by atoms with van der Waals surface area (Å²) in [7, 11) is 0. The molecule has 6 nitrogen and oxygen atoms in total. The van der Waals surface area contributed by atoms with Crippen LogP contribution in [0.4, 0.5) is 0 Å². The van der Waals surface area contributed by atoms with E-state index in [1.165, 1.54) is 0 Å². The van der Waals surface area contributed by atoms with Gasteiger partial charge in [-0.1, -0.05) is 32.9 Å². The molecular weight excluding hydrogens is 344 g/mol. The lowest BCUT2D eigenvalue weighted by molar-refractivity contribution is -0.142. The zero-order chi connectivity index (χ0) is 19.4. The number of likely N-dealkylation sites (tertiary alicyclic amines) is 1. The number of fused-ring (bicyclic) bond motifs is 1. The molecule has 1 N–H and O–H groups in total. The van der Waals surface area contributed by atoms with Gasteiger partial charge in [-0.25, -0.2) is 0 Å². The summed E-state index contributed by atoms with van der Waals surface area (Å²) in [4.78, 5) is 26.8. The molecule has 0 aromatic heterocycles. The zero-order valence-corrected chi connectivity index (χ0v) is 16.5. The summed E-state index contributed by atoms with van der Waals surface area (Å²) in [5.74, 6) is 1.64. The van der Waals surface area contributed by atoms with Crippen LogP contribution >= 0.6 is 0 Å². The van der Waals surface area contributed by atoms with Crippen LogP contribution in [0.3, 0.4) is 0 Å². The van der Waals surface area contributed by atoms with Crippen LogP contribution in [0.5, 0.6) is 11.5 Å². The largest absolute Gasteiger partial charge is 0.490 e. The van der Waals surface area contributed by atoms with Crippen molar-refractivity contribution in [2.75, 3.05) is 26.3 Å². The Balaban J connectivity index is 1.53. The first kappa shape index (κ1) is 19.5. The summed E-state index contributed by atoms with van der Waals surface area (Å²) < 4.78 is 11.5. The Kier molecular flexibility index (Phi) is 5.92. The van der Waals surface area contributed by atoms with Gasteiger partial charge in [0.05, 0.1) is 13.2 Å². The molecule has 2 amide bonds. The number of nitrogens with zero attached hydrogens (tertiary/aromatic N) is 1. The molecule has 0 spiro atoms. The lowest BCUT2D eigenvalue weighted by Gasteiger charge is -2.35. The highest BCUT2D eigenvalue weighted by molar-refractivity contribution is 5.82. The molecule has 0 radical (unpaired) electrons. The number of benzene rings is 1. The number of nitrogens with one attached hydrogen (secondary N) is 1. The Morgan fingerprint density at radius 1 is 1.15 bits per heavy atom. The number of rotatable bonds is 3. The molecule has 2 aliphatic rings. The number of amides is 2. The fourth-order valence-corrected chi connectivity index (χ4v) is 3.54. The first-order chi connectivity index (χ1) is 12.9. The summed E-state index contributed by atoms with van der Waals surface area (Å²) in [5, 5.41) is 3.04. The fraction of sp³-hybridized carbons (Fsp3) is 0.619. The van der Waals surface area contributed by atoms with E-state index in [-0.39, 0.29) is 23.1 Å². The van der Waals surface area contributed by atoms with Gasteiger partial charge in [0, 0.05) is 43.0 Å². The van der Waals surface area contributed by atoms with Gasteiger partial charge >= 0.3 is 0 Å². The van der Waals surface area contributed by atoms with Gasteiger partial charge in [0.1, 0.15) is 0 Å². The minimum absolute atomic E-state index is 0.0463. The third kappa shape index (κ3) is 4.73. The first-order valence-electron chi connectivity index (χ1n) is 9.81. The average Bonchev–Trinajstić information content (AvgIpc) is 2.90. The average molecular weight is 374 g/mol. The quantitative estimate of drug-likeness (QED) is 0.883. The SMILES string of the molecule is CC(C)(C)C(=O)N1CCC(C(=O)NCc2cccc3c2OCCCO3)CC1. The fourth-order valence-electron chi connectivity index (χ4n) is 3.54. The van der Waals surface area contributed by atoms with E-state index < -0.39 is 0 Å². The molecular formula is C21H30N2O4. The maximum Gasteiger partial charge on any atom is 0.227 e. The molecule has 0 saturated carbocycles. The Morgan fingerprint density at radius 3 is 2.56 bits per heavy atom. The van der Waals surface area contributed by atoms with Crippen LogP contribution in [-0.4, -0.2) is 43.0 Å². The molecule has 1 aromatic rings. The van der Waals surface area contributed by atoms with Crippen LogP contribution in [0, 0.1) is 11.3 Å². The van der Waals surface area contributed by atoms with Crippen molar-refractivity contribution in [3.63, 3.8) is 0 Å². The van der Waals surface area contributed by atoms with Crippen molar-refractivity contribution in [2.24, 2.45) is 11.3 Å². The van der Waals surface area contributed by atoms with E-state index >= 15 is 0 Å². The maximum atomic E-state index is 12.6. The summed E-state index contributed by atoms with van der Waals surface area (Å²) in [5.41, 5.74) is 0.561. The van der Waals surface area contributed by atoms with Crippen molar-refractivity contribution in [2.45, 2.75) is 46.6 Å². The van der Waals surface area contributed by atoms with Crippen molar-refractivity contribution in [3.8, 4) is 11.5 Å². The summed E-state index contributed by atoms with van der Waals surface area (Å²) in [6, 6.07) is 5.78. The molecule has 1 saturated heterocycles. The Morgan fingerprint density at radius 2 is 1.85 bits per heavy atom. The lowest BCUT2D eigenvalue weighted by atomic mass is 9.90. The van der Waals surface area contributed by atoms with Gasteiger partial charge in [-0.3, -0.25) is 9.59 Å².